The summed E-state index contributed by atoms with van der Waals surface area (Å²) in [5.41, 5.74) is 1.17. The first-order valence-corrected chi connectivity index (χ1v) is 7.63. The molecule has 0 aliphatic carbocycles. The molecule has 2 aromatic rings. The lowest BCUT2D eigenvalue weighted by atomic mass is 10.2. The lowest BCUT2D eigenvalue weighted by Crippen LogP contribution is -3.00. The standard InChI is InChI=1S/C17H25N2O.HI/c1-3-5-6-7-12-18-13-14-19(15-18)16-8-10-17(11-9-16)20-4-2;/h8-11,13-15H,3-7,12H2,1-2H3;1H/q+1;/p-1. The number of rotatable bonds is 8. The lowest BCUT2D eigenvalue weighted by molar-refractivity contribution is -0.696. The van der Waals surface area contributed by atoms with Gasteiger partial charge in [0.2, 0.25) is 6.33 Å². The van der Waals surface area contributed by atoms with Gasteiger partial charge in [0.15, 0.2) is 0 Å². The molecule has 2 rings (SSSR count). The Bertz CT molecular complexity index is 508. The Labute approximate surface area is 145 Å². The van der Waals surface area contributed by atoms with E-state index in [-0.39, 0.29) is 24.0 Å². The molecular weight excluding hydrogens is 375 g/mol. The van der Waals surface area contributed by atoms with Crippen molar-refractivity contribution in [3.63, 3.8) is 0 Å². The summed E-state index contributed by atoms with van der Waals surface area (Å²) in [7, 11) is 0. The molecule has 0 saturated carbocycles. The van der Waals surface area contributed by atoms with Crippen LogP contribution in [0.25, 0.3) is 5.69 Å². The van der Waals surface area contributed by atoms with E-state index in [1.807, 2.05) is 19.1 Å². The summed E-state index contributed by atoms with van der Waals surface area (Å²) in [6.07, 6.45) is 11.6. The van der Waals surface area contributed by atoms with Crippen LogP contribution >= 0.6 is 0 Å². The number of halogens is 1. The maximum Gasteiger partial charge on any atom is 0.248 e. The Hall–Kier alpha value is -1.04. The number of unbranched alkanes of at least 4 members (excludes halogenated alkanes) is 3. The van der Waals surface area contributed by atoms with Crippen LogP contribution < -0.4 is 33.3 Å². The van der Waals surface area contributed by atoms with Gasteiger partial charge in [0, 0.05) is 0 Å². The molecule has 0 unspecified atom stereocenters. The minimum absolute atomic E-state index is 0. The zero-order chi connectivity index (χ0) is 14.2. The van der Waals surface area contributed by atoms with E-state index in [0.717, 1.165) is 12.3 Å². The predicted octanol–water partition coefficient (Wildman–Crippen LogP) is 0.748. The van der Waals surface area contributed by atoms with E-state index in [2.05, 4.69) is 46.9 Å². The maximum atomic E-state index is 5.46. The summed E-state index contributed by atoms with van der Waals surface area (Å²) in [5, 5.41) is 0. The Morgan fingerprint density at radius 3 is 2.48 bits per heavy atom. The van der Waals surface area contributed by atoms with Crippen LogP contribution in [0.1, 0.15) is 39.5 Å². The summed E-state index contributed by atoms with van der Waals surface area (Å²) in [6.45, 7) is 6.06. The number of aryl methyl sites for hydroxylation is 1. The lowest BCUT2D eigenvalue weighted by Gasteiger charge is -2.02. The molecule has 0 bridgehead atoms. The van der Waals surface area contributed by atoms with E-state index in [1.54, 1.807) is 0 Å². The number of hydrogen-bond donors (Lipinski definition) is 0. The highest BCUT2D eigenvalue weighted by Crippen LogP contribution is 2.14. The van der Waals surface area contributed by atoms with E-state index < -0.39 is 0 Å². The van der Waals surface area contributed by atoms with Crippen molar-refractivity contribution in [2.45, 2.75) is 46.1 Å². The van der Waals surface area contributed by atoms with Gasteiger partial charge >= 0.3 is 0 Å². The molecule has 1 heterocycles. The average Bonchev–Trinajstić information content (AvgIpc) is 2.94. The molecule has 0 amide bonds. The quantitative estimate of drug-likeness (QED) is 0.364. The molecule has 1 aromatic carbocycles. The average molecular weight is 400 g/mol. The molecular formula is C17H25IN2O. The van der Waals surface area contributed by atoms with Gasteiger partial charge in [-0.25, -0.2) is 9.13 Å². The van der Waals surface area contributed by atoms with Crippen molar-refractivity contribution >= 4 is 0 Å². The highest BCUT2D eigenvalue weighted by Gasteiger charge is 2.06. The topological polar surface area (TPSA) is 18.0 Å². The fourth-order valence-corrected chi connectivity index (χ4v) is 2.28. The third-order valence-corrected chi connectivity index (χ3v) is 3.41. The molecule has 0 atom stereocenters. The minimum Gasteiger partial charge on any atom is -1.00 e. The Morgan fingerprint density at radius 2 is 1.81 bits per heavy atom. The van der Waals surface area contributed by atoms with Crippen LogP contribution in [0, 0.1) is 0 Å². The number of nitrogens with zero attached hydrogens (tertiary/aromatic N) is 2. The number of hydrogen-bond acceptors (Lipinski definition) is 1. The van der Waals surface area contributed by atoms with Crippen LogP contribution in [0.5, 0.6) is 5.75 Å². The largest absolute Gasteiger partial charge is 1.00 e. The van der Waals surface area contributed by atoms with Crippen LogP contribution in [0.2, 0.25) is 0 Å². The second kappa shape index (κ2) is 9.82. The van der Waals surface area contributed by atoms with Crippen LogP contribution in [0.4, 0.5) is 0 Å². The molecule has 1 aromatic heterocycles. The number of ether oxygens (including phenoxy) is 1. The zero-order valence-corrected chi connectivity index (χ0v) is 15.1. The number of imidazole rings is 1. The van der Waals surface area contributed by atoms with E-state index >= 15 is 0 Å². The van der Waals surface area contributed by atoms with Gasteiger partial charge in [0.1, 0.15) is 23.8 Å². The smallest absolute Gasteiger partial charge is 0.248 e. The van der Waals surface area contributed by atoms with Gasteiger partial charge in [0.05, 0.1) is 13.2 Å². The van der Waals surface area contributed by atoms with Gasteiger partial charge in [-0.15, -0.1) is 0 Å². The van der Waals surface area contributed by atoms with Gasteiger partial charge < -0.3 is 28.7 Å². The highest BCUT2D eigenvalue weighted by molar-refractivity contribution is 5.36. The monoisotopic (exact) mass is 400 g/mol. The summed E-state index contributed by atoms with van der Waals surface area (Å²) in [5.74, 6) is 0.927. The first kappa shape index (κ1) is 18.0. The Kier molecular flexibility index (Phi) is 8.42. The number of aromatic nitrogens is 2. The van der Waals surface area contributed by atoms with Gasteiger partial charge in [-0.3, -0.25) is 0 Å². The molecule has 4 heteroatoms. The van der Waals surface area contributed by atoms with Gasteiger partial charge in [-0.05, 0) is 44.0 Å². The molecule has 0 aliphatic rings. The van der Waals surface area contributed by atoms with Crippen molar-refractivity contribution < 1.29 is 33.3 Å². The Balaban J connectivity index is 0.00000220. The summed E-state index contributed by atoms with van der Waals surface area (Å²) < 4.78 is 9.87. The van der Waals surface area contributed by atoms with Crippen molar-refractivity contribution in [1.82, 2.24) is 4.57 Å². The maximum absolute atomic E-state index is 5.46. The van der Waals surface area contributed by atoms with Gasteiger partial charge in [0.25, 0.3) is 0 Å². The van der Waals surface area contributed by atoms with Crippen LogP contribution in [-0.2, 0) is 6.54 Å². The van der Waals surface area contributed by atoms with E-state index in [9.17, 15) is 0 Å². The summed E-state index contributed by atoms with van der Waals surface area (Å²) in [4.78, 5) is 0. The third-order valence-electron chi connectivity index (χ3n) is 3.41. The van der Waals surface area contributed by atoms with Crippen molar-refractivity contribution in [2.24, 2.45) is 0 Å². The molecule has 0 radical (unpaired) electrons. The fourth-order valence-electron chi connectivity index (χ4n) is 2.28. The van der Waals surface area contributed by atoms with E-state index in [0.29, 0.717) is 6.61 Å². The van der Waals surface area contributed by atoms with Crippen molar-refractivity contribution in [2.75, 3.05) is 6.61 Å². The molecule has 0 fully saturated rings. The van der Waals surface area contributed by atoms with Gasteiger partial charge in [-0.2, -0.15) is 0 Å². The fraction of sp³-hybridized carbons (Fsp3) is 0.471. The SMILES string of the molecule is CCCCCC[n+]1ccn(-c2ccc(OCC)cc2)c1.[I-]. The first-order valence-electron chi connectivity index (χ1n) is 7.63. The van der Waals surface area contributed by atoms with Gasteiger partial charge in [-0.1, -0.05) is 19.8 Å². The summed E-state index contributed by atoms with van der Waals surface area (Å²) >= 11 is 0. The molecule has 0 saturated heterocycles. The van der Waals surface area contributed by atoms with Crippen molar-refractivity contribution in [3.05, 3.63) is 43.0 Å². The van der Waals surface area contributed by atoms with Crippen molar-refractivity contribution in [1.29, 1.82) is 0 Å². The third kappa shape index (κ3) is 5.69. The molecule has 116 valence electrons. The molecule has 21 heavy (non-hydrogen) atoms. The Morgan fingerprint density at radius 1 is 1.05 bits per heavy atom. The molecule has 0 aliphatic heterocycles. The normalized spacial score (nSPS) is 10.2. The second-order valence-corrected chi connectivity index (χ2v) is 5.05. The van der Waals surface area contributed by atoms with E-state index in [1.165, 1.54) is 31.4 Å². The molecule has 3 nitrogen and oxygen atoms in total. The highest BCUT2D eigenvalue weighted by atomic mass is 127. The molecule has 0 spiro atoms. The minimum atomic E-state index is 0. The second-order valence-electron chi connectivity index (χ2n) is 5.05. The predicted molar refractivity (Wildman–Crippen MR) is 81.3 cm³/mol. The summed E-state index contributed by atoms with van der Waals surface area (Å²) in [6, 6.07) is 8.22. The van der Waals surface area contributed by atoms with E-state index in [4.69, 9.17) is 4.74 Å². The van der Waals surface area contributed by atoms with Crippen LogP contribution in [0.3, 0.4) is 0 Å². The zero-order valence-electron chi connectivity index (χ0n) is 13.0. The van der Waals surface area contributed by atoms with Crippen LogP contribution in [0.15, 0.2) is 43.0 Å². The molecule has 0 N–H and O–H groups in total. The van der Waals surface area contributed by atoms with Crippen LogP contribution in [-0.4, -0.2) is 11.2 Å². The van der Waals surface area contributed by atoms with Crippen molar-refractivity contribution in [3.8, 4) is 11.4 Å². The first-order chi connectivity index (χ1) is 9.83. The number of benzene rings is 1.